The van der Waals surface area contributed by atoms with Gasteiger partial charge in [-0.25, -0.2) is 0 Å². The molecule has 0 radical (unpaired) electrons. The molecule has 1 aliphatic rings. The van der Waals surface area contributed by atoms with Gasteiger partial charge in [-0.15, -0.1) is 0 Å². The van der Waals surface area contributed by atoms with E-state index in [2.05, 4.69) is 6.34 Å². The number of hydrogen-bond acceptors (Lipinski definition) is 4. The van der Waals surface area contributed by atoms with Gasteiger partial charge in [0.15, 0.2) is 0 Å². The Morgan fingerprint density at radius 1 is 1.43 bits per heavy atom. The molecule has 0 aromatic rings. The van der Waals surface area contributed by atoms with E-state index in [0.717, 1.165) is 0 Å². The average molecular weight is 186 g/mol. The van der Waals surface area contributed by atoms with Crippen LogP contribution >= 0.6 is 0 Å². The van der Waals surface area contributed by atoms with Gasteiger partial charge in [-0.1, -0.05) is 0 Å². The molecule has 0 aliphatic carbocycles. The molecule has 1 heterocycles. The normalized spacial score (nSPS) is 29.3. The van der Waals surface area contributed by atoms with E-state index in [1.165, 1.54) is 0 Å². The fraction of sp³-hybridized carbons (Fsp3) is 1.00. The van der Waals surface area contributed by atoms with Gasteiger partial charge in [-0.2, -0.15) is 0 Å². The van der Waals surface area contributed by atoms with Gasteiger partial charge in [-0.05, 0) is 0 Å². The molecule has 0 amide bonds. The molecule has 0 atom stereocenters. The van der Waals surface area contributed by atoms with E-state index in [-0.39, 0.29) is 0 Å². The minimum absolute atomic E-state index is 1.65. The topological polar surface area (TPSA) is 52.6 Å². The molecular formula is CH3AsO4S. The van der Waals surface area contributed by atoms with E-state index in [1.807, 2.05) is 0 Å². The molecule has 1 rings (SSSR count). The number of hydrogen-bond donors (Lipinski definition) is 0. The zero-order chi connectivity index (χ0) is 5.49. The van der Waals surface area contributed by atoms with E-state index in [4.69, 9.17) is 0 Å². The van der Waals surface area contributed by atoms with E-state index < -0.39 is 25.7 Å². The molecule has 0 aromatic heterocycles. The molecule has 1 saturated heterocycles. The van der Waals surface area contributed by atoms with Crippen LogP contribution in [0.15, 0.2) is 0 Å². The summed E-state index contributed by atoms with van der Waals surface area (Å²) in [5.41, 5.74) is 1.65. The molecular weight excluding hydrogens is 183 g/mol. The van der Waals surface area contributed by atoms with Crippen LogP contribution in [0, 0.1) is 0 Å². The van der Waals surface area contributed by atoms with Crippen LogP contribution in [0.1, 0.15) is 0 Å². The molecule has 1 fully saturated rings. The maximum atomic E-state index is 9.89. The van der Waals surface area contributed by atoms with Crippen molar-refractivity contribution in [3.63, 3.8) is 0 Å². The minimum atomic E-state index is -3.47. The first-order valence-corrected chi connectivity index (χ1v) is 6.22. The predicted octanol–water partition coefficient (Wildman–Crippen LogP) is -0.604. The van der Waals surface area contributed by atoms with Crippen LogP contribution in [0.25, 0.3) is 0 Å². The van der Waals surface area contributed by atoms with Gasteiger partial charge in [0, 0.05) is 0 Å². The van der Waals surface area contributed by atoms with Crippen molar-refractivity contribution in [3.05, 3.63) is 0 Å². The van der Waals surface area contributed by atoms with E-state index in [9.17, 15) is 8.42 Å². The Morgan fingerprint density at radius 3 is 1.86 bits per heavy atom. The Hall–Kier alpha value is 0.428. The Bertz CT molecular complexity index is 147. The molecule has 0 aromatic carbocycles. The predicted molar refractivity (Wildman–Crippen MR) is 22.7 cm³/mol. The third kappa shape index (κ3) is 1.16. The van der Waals surface area contributed by atoms with Crippen LogP contribution in [0.2, 0.25) is 5.71 Å². The van der Waals surface area contributed by atoms with Gasteiger partial charge in [0.2, 0.25) is 0 Å². The van der Waals surface area contributed by atoms with Crippen LogP contribution in [0.3, 0.4) is 0 Å². The van der Waals surface area contributed by atoms with Gasteiger partial charge >= 0.3 is 46.2 Å². The van der Waals surface area contributed by atoms with Crippen LogP contribution in [0.5, 0.6) is 0 Å². The first-order chi connectivity index (χ1) is 3.10. The van der Waals surface area contributed by atoms with Gasteiger partial charge in [-0.3, -0.25) is 0 Å². The molecule has 0 spiro atoms. The first kappa shape index (κ1) is 5.56. The molecule has 6 heteroatoms. The van der Waals surface area contributed by atoms with Crippen LogP contribution in [-0.2, 0) is 16.7 Å². The van der Waals surface area contributed by atoms with Gasteiger partial charge in [0.1, 0.15) is 0 Å². The Kier molecular flexibility index (Phi) is 1.15. The fourth-order valence-corrected chi connectivity index (χ4v) is 4.09. The van der Waals surface area contributed by atoms with Gasteiger partial charge < -0.3 is 0 Å². The van der Waals surface area contributed by atoms with Crippen LogP contribution in [-0.4, -0.2) is 23.8 Å². The average Bonchev–Trinajstić information content (AvgIpc) is 1.27. The zero-order valence-corrected chi connectivity index (χ0v) is 6.18. The molecule has 7 heavy (non-hydrogen) atoms. The second-order valence-electron chi connectivity index (χ2n) is 0.997. The van der Waals surface area contributed by atoms with Crippen molar-refractivity contribution in [3.8, 4) is 0 Å². The van der Waals surface area contributed by atoms with Gasteiger partial charge in [0.05, 0.1) is 0 Å². The summed E-state index contributed by atoms with van der Waals surface area (Å²) in [6, 6.07) is 0. The van der Waals surface area contributed by atoms with Crippen molar-refractivity contribution in [1.82, 2.24) is 0 Å². The SMILES string of the molecule is C[As]1OS(=O)(=O)O1. The molecule has 42 valence electrons. The van der Waals surface area contributed by atoms with Crippen LogP contribution < -0.4 is 0 Å². The Labute approximate surface area is 46.7 Å². The maximum absolute atomic E-state index is 9.89. The Morgan fingerprint density at radius 2 is 1.86 bits per heavy atom. The third-order valence-corrected chi connectivity index (χ3v) is 6.12. The molecule has 0 unspecified atom stereocenters. The van der Waals surface area contributed by atoms with Crippen molar-refractivity contribution < 1.29 is 14.8 Å². The third-order valence-electron chi connectivity index (χ3n) is 0.393. The monoisotopic (exact) mass is 186 g/mol. The first-order valence-electron chi connectivity index (χ1n) is 1.48. The summed E-state index contributed by atoms with van der Waals surface area (Å²) < 4.78 is 28.2. The summed E-state index contributed by atoms with van der Waals surface area (Å²) in [6.07, 6.45) is 0. The van der Waals surface area contributed by atoms with Crippen molar-refractivity contribution >= 4 is 25.7 Å². The zero-order valence-electron chi connectivity index (χ0n) is 3.49. The van der Waals surface area contributed by atoms with Crippen molar-refractivity contribution in [1.29, 1.82) is 0 Å². The summed E-state index contributed by atoms with van der Waals surface area (Å²) >= 11 is -1.74. The molecule has 4 nitrogen and oxygen atoms in total. The van der Waals surface area contributed by atoms with Crippen molar-refractivity contribution in [2.75, 3.05) is 0 Å². The second-order valence-corrected chi connectivity index (χ2v) is 5.83. The van der Waals surface area contributed by atoms with Crippen molar-refractivity contribution in [2.45, 2.75) is 5.71 Å². The van der Waals surface area contributed by atoms with E-state index in [1.54, 1.807) is 5.71 Å². The van der Waals surface area contributed by atoms with Crippen molar-refractivity contribution in [2.24, 2.45) is 0 Å². The molecule has 0 bridgehead atoms. The summed E-state index contributed by atoms with van der Waals surface area (Å²) in [5.74, 6) is 0. The molecule has 1 aliphatic heterocycles. The molecule has 0 N–H and O–H groups in total. The molecule has 0 saturated carbocycles. The van der Waals surface area contributed by atoms with Gasteiger partial charge in [0.25, 0.3) is 0 Å². The summed E-state index contributed by atoms with van der Waals surface area (Å²) in [4.78, 5) is 0. The fourth-order valence-electron chi connectivity index (χ4n) is 0.263. The van der Waals surface area contributed by atoms with E-state index in [0.29, 0.717) is 0 Å². The Balaban J connectivity index is 2.61. The summed E-state index contributed by atoms with van der Waals surface area (Å²) in [6.45, 7) is 0. The summed E-state index contributed by atoms with van der Waals surface area (Å²) in [7, 11) is -3.47. The second kappa shape index (κ2) is 1.45. The van der Waals surface area contributed by atoms with E-state index >= 15 is 0 Å². The van der Waals surface area contributed by atoms with Crippen LogP contribution in [0.4, 0.5) is 0 Å². The number of rotatable bonds is 0. The standard InChI is InChI=1S/CH3AsO4S/c1-2-5-7(3,4)6-2/h1H3. The summed E-state index contributed by atoms with van der Waals surface area (Å²) in [5, 5.41) is 0. The quantitative estimate of drug-likeness (QED) is 0.474.